The fourth-order valence-corrected chi connectivity index (χ4v) is 1.69. The van der Waals surface area contributed by atoms with Gasteiger partial charge < -0.3 is 15.2 Å². The standard InChI is InChI=1S/C12H18ClNO2/c1-15-8-3-9-16-12-10(6-7-14)4-2-5-11(12)13/h2,4-5H,3,6-9,14H2,1H3. The van der Waals surface area contributed by atoms with Crippen molar-refractivity contribution in [1.29, 1.82) is 0 Å². The number of hydrogen-bond acceptors (Lipinski definition) is 3. The Kier molecular flexibility index (Phi) is 6.23. The molecule has 0 aliphatic rings. The normalized spacial score (nSPS) is 10.4. The van der Waals surface area contributed by atoms with E-state index in [1.807, 2.05) is 18.2 Å². The maximum absolute atomic E-state index is 6.08. The number of nitrogens with two attached hydrogens (primary N) is 1. The topological polar surface area (TPSA) is 44.5 Å². The van der Waals surface area contributed by atoms with E-state index in [0.717, 1.165) is 24.2 Å². The van der Waals surface area contributed by atoms with Gasteiger partial charge in [-0.15, -0.1) is 0 Å². The van der Waals surface area contributed by atoms with E-state index in [4.69, 9.17) is 26.8 Å². The van der Waals surface area contributed by atoms with Gasteiger partial charge in [-0.05, 0) is 24.6 Å². The Morgan fingerprint density at radius 1 is 1.31 bits per heavy atom. The first-order chi connectivity index (χ1) is 7.79. The van der Waals surface area contributed by atoms with Gasteiger partial charge in [-0.2, -0.15) is 0 Å². The van der Waals surface area contributed by atoms with Crippen LogP contribution in [0, 0.1) is 0 Å². The quantitative estimate of drug-likeness (QED) is 0.748. The molecule has 0 saturated heterocycles. The van der Waals surface area contributed by atoms with Crippen LogP contribution in [0.1, 0.15) is 12.0 Å². The maximum atomic E-state index is 6.08. The van der Waals surface area contributed by atoms with E-state index in [2.05, 4.69) is 0 Å². The van der Waals surface area contributed by atoms with Crippen LogP contribution in [-0.2, 0) is 11.2 Å². The third-order valence-corrected chi connectivity index (χ3v) is 2.50. The second-order valence-electron chi connectivity index (χ2n) is 3.46. The minimum atomic E-state index is 0.592. The Morgan fingerprint density at radius 2 is 2.12 bits per heavy atom. The molecule has 0 atom stereocenters. The van der Waals surface area contributed by atoms with E-state index >= 15 is 0 Å². The summed E-state index contributed by atoms with van der Waals surface area (Å²) in [5.74, 6) is 0.755. The monoisotopic (exact) mass is 243 g/mol. The summed E-state index contributed by atoms with van der Waals surface area (Å²) in [6.07, 6.45) is 1.63. The molecule has 1 aromatic carbocycles. The summed E-state index contributed by atoms with van der Waals surface area (Å²) in [5, 5.41) is 0.642. The third kappa shape index (κ3) is 4.00. The van der Waals surface area contributed by atoms with Gasteiger partial charge in [-0.3, -0.25) is 0 Å². The van der Waals surface area contributed by atoms with Crippen molar-refractivity contribution in [2.45, 2.75) is 12.8 Å². The summed E-state index contributed by atoms with van der Waals surface area (Å²) in [7, 11) is 1.68. The van der Waals surface area contributed by atoms with Crippen LogP contribution in [-0.4, -0.2) is 26.9 Å². The number of ether oxygens (including phenoxy) is 2. The molecule has 0 amide bonds. The highest BCUT2D eigenvalue weighted by atomic mass is 35.5. The smallest absolute Gasteiger partial charge is 0.141 e. The minimum Gasteiger partial charge on any atom is -0.492 e. The van der Waals surface area contributed by atoms with Crippen LogP contribution in [0.25, 0.3) is 0 Å². The molecule has 0 fully saturated rings. The van der Waals surface area contributed by atoms with E-state index in [9.17, 15) is 0 Å². The molecule has 1 rings (SSSR count). The van der Waals surface area contributed by atoms with Crippen molar-refractivity contribution in [3.8, 4) is 5.75 Å². The maximum Gasteiger partial charge on any atom is 0.141 e. The number of hydrogen-bond donors (Lipinski definition) is 1. The van der Waals surface area contributed by atoms with Gasteiger partial charge in [-0.25, -0.2) is 0 Å². The van der Waals surface area contributed by atoms with Gasteiger partial charge in [0.25, 0.3) is 0 Å². The van der Waals surface area contributed by atoms with Gasteiger partial charge in [0.05, 0.1) is 11.6 Å². The van der Waals surface area contributed by atoms with Crippen LogP contribution >= 0.6 is 11.6 Å². The average molecular weight is 244 g/mol. The molecule has 0 aromatic heterocycles. The Morgan fingerprint density at radius 3 is 2.81 bits per heavy atom. The second-order valence-corrected chi connectivity index (χ2v) is 3.87. The molecule has 0 spiro atoms. The highest BCUT2D eigenvalue weighted by molar-refractivity contribution is 6.32. The Labute approximate surface area is 101 Å². The minimum absolute atomic E-state index is 0.592. The molecule has 0 unspecified atom stereocenters. The molecule has 0 bridgehead atoms. The van der Waals surface area contributed by atoms with E-state index in [1.165, 1.54) is 0 Å². The van der Waals surface area contributed by atoms with Crippen LogP contribution in [0.3, 0.4) is 0 Å². The number of halogens is 1. The van der Waals surface area contributed by atoms with Gasteiger partial charge >= 0.3 is 0 Å². The molecular formula is C12H18ClNO2. The summed E-state index contributed by atoms with van der Waals surface area (Å²) in [4.78, 5) is 0. The molecule has 1 aromatic rings. The lowest BCUT2D eigenvalue weighted by atomic mass is 10.1. The zero-order valence-electron chi connectivity index (χ0n) is 9.54. The lowest BCUT2D eigenvalue weighted by Crippen LogP contribution is -2.07. The zero-order chi connectivity index (χ0) is 11.8. The predicted octanol–water partition coefficient (Wildman–Crippen LogP) is 2.26. The molecule has 16 heavy (non-hydrogen) atoms. The summed E-state index contributed by atoms with van der Waals surface area (Å²) in [6, 6.07) is 5.73. The number of methoxy groups -OCH3 is 1. The molecule has 0 aliphatic heterocycles. The number of benzene rings is 1. The molecule has 0 radical (unpaired) electrons. The first kappa shape index (κ1) is 13.3. The van der Waals surface area contributed by atoms with Gasteiger partial charge in [0.2, 0.25) is 0 Å². The number of para-hydroxylation sites is 1. The molecule has 0 aliphatic carbocycles. The first-order valence-corrected chi connectivity index (χ1v) is 5.76. The van der Waals surface area contributed by atoms with Crippen LogP contribution in [0.2, 0.25) is 5.02 Å². The van der Waals surface area contributed by atoms with Gasteiger partial charge in [0.1, 0.15) is 5.75 Å². The average Bonchev–Trinajstić information content (AvgIpc) is 2.28. The van der Waals surface area contributed by atoms with Crippen molar-refractivity contribution in [1.82, 2.24) is 0 Å². The van der Waals surface area contributed by atoms with Gasteiger partial charge in [-0.1, -0.05) is 23.7 Å². The van der Waals surface area contributed by atoms with Crippen molar-refractivity contribution in [3.63, 3.8) is 0 Å². The molecular weight excluding hydrogens is 226 g/mol. The lowest BCUT2D eigenvalue weighted by Gasteiger charge is -2.12. The highest BCUT2D eigenvalue weighted by Gasteiger charge is 2.07. The first-order valence-electron chi connectivity index (χ1n) is 5.38. The van der Waals surface area contributed by atoms with Gasteiger partial charge in [0.15, 0.2) is 0 Å². The molecule has 0 saturated carbocycles. The van der Waals surface area contributed by atoms with Crippen molar-refractivity contribution in [2.75, 3.05) is 26.9 Å². The summed E-state index contributed by atoms with van der Waals surface area (Å²) in [6.45, 7) is 1.89. The van der Waals surface area contributed by atoms with Crippen LogP contribution in [0.5, 0.6) is 5.75 Å². The van der Waals surface area contributed by atoms with Crippen molar-refractivity contribution >= 4 is 11.6 Å². The van der Waals surface area contributed by atoms with E-state index in [0.29, 0.717) is 24.8 Å². The number of rotatable bonds is 7. The van der Waals surface area contributed by atoms with Crippen molar-refractivity contribution in [2.24, 2.45) is 5.73 Å². The van der Waals surface area contributed by atoms with Crippen LogP contribution in [0.15, 0.2) is 18.2 Å². The summed E-state index contributed by atoms with van der Waals surface area (Å²) in [5.41, 5.74) is 6.60. The molecule has 4 heteroatoms. The van der Waals surface area contributed by atoms with Gasteiger partial charge in [0, 0.05) is 20.1 Å². The zero-order valence-corrected chi connectivity index (χ0v) is 10.3. The SMILES string of the molecule is COCCCOc1c(Cl)cccc1CCN. The molecule has 0 heterocycles. The lowest BCUT2D eigenvalue weighted by molar-refractivity contribution is 0.172. The Balaban J connectivity index is 2.61. The molecule has 3 nitrogen and oxygen atoms in total. The Bertz CT molecular complexity index is 318. The fourth-order valence-electron chi connectivity index (χ4n) is 1.45. The third-order valence-electron chi connectivity index (χ3n) is 2.20. The second kappa shape index (κ2) is 7.49. The Hall–Kier alpha value is -0.770. The van der Waals surface area contributed by atoms with Crippen molar-refractivity contribution < 1.29 is 9.47 Å². The largest absolute Gasteiger partial charge is 0.492 e. The summed E-state index contributed by atoms with van der Waals surface area (Å²) >= 11 is 6.08. The fraction of sp³-hybridized carbons (Fsp3) is 0.500. The van der Waals surface area contributed by atoms with E-state index in [-0.39, 0.29) is 0 Å². The van der Waals surface area contributed by atoms with Crippen LogP contribution < -0.4 is 10.5 Å². The highest BCUT2D eigenvalue weighted by Crippen LogP contribution is 2.28. The molecule has 2 N–H and O–H groups in total. The van der Waals surface area contributed by atoms with E-state index < -0.39 is 0 Å². The predicted molar refractivity (Wildman–Crippen MR) is 66.2 cm³/mol. The van der Waals surface area contributed by atoms with Crippen molar-refractivity contribution in [3.05, 3.63) is 28.8 Å². The summed E-state index contributed by atoms with van der Waals surface area (Å²) < 4.78 is 10.6. The van der Waals surface area contributed by atoms with E-state index in [1.54, 1.807) is 7.11 Å². The van der Waals surface area contributed by atoms with Crippen LogP contribution in [0.4, 0.5) is 0 Å². The molecule has 90 valence electrons.